The first-order chi connectivity index (χ1) is 10.1. The zero-order valence-electron chi connectivity index (χ0n) is 12.2. The Kier molecular flexibility index (Phi) is 4.67. The van der Waals surface area contributed by atoms with Crippen molar-refractivity contribution in [2.45, 2.75) is 42.5 Å². The van der Waals surface area contributed by atoms with Crippen LogP contribution in [0.3, 0.4) is 0 Å². The molecule has 3 nitrogen and oxygen atoms in total. The Bertz CT molecular complexity index is 511. The molecule has 0 bridgehead atoms. The lowest BCUT2D eigenvalue weighted by atomic mass is 9.76. The van der Waals surface area contributed by atoms with Crippen molar-refractivity contribution in [2.24, 2.45) is 0 Å². The van der Waals surface area contributed by atoms with Gasteiger partial charge < -0.3 is 14.2 Å². The van der Waals surface area contributed by atoms with E-state index in [1.165, 1.54) is 6.42 Å². The third kappa shape index (κ3) is 3.17. The van der Waals surface area contributed by atoms with E-state index >= 15 is 0 Å². The van der Waals surface area contributed by atoms with Crippen molar-refractivity contribution in [3.8, 4) is 11.5 Å². The first-order valence-electron chi connectivity index (χ1n) is 7.42. The van der Waals surface area contributed by atoms with Crippen LogP contribution in [0.25, 0.3) is 0 Å². The van der Waals surface area contributed by atoms with Gasteiger partial charge in [-0.15, -0.1) is 0 Å². The molecule has 0 spiro atoms. The SMILES string of the molecule is COC1(CC(Br)c2cc3c(cc2Cl)OCCCO3)CCC1. The molecule has 5 heteroatoms. The van der Waals surface area contributed by atoms with Crippen molar-refractivity contribution in [1.29, 1.82) is 0 Å². The number of halogens is 2. The van der Waals surface area contributed by atoms with Gasteiger partial charge in [-0.1, -0.05) is 27.5 Å². The normalized spacial score (nSPS) is 21.3. The Labute approximate surface area is 139 Å². The molecule has 0 amide bonds. The van der Waals surface area contributed by atoms with Crippen LogP contribution in [0.4, 0.5) is 0 Å². The van der Waals surface area contributed by atoms with Gasteiger partial charge in [-0.05, 0) is 37.3 Å². The zero-order valence-corrected chi connectivity index (χ0v) is 14.5. The Morgan fingerprint density at radius 3 is 2.48 bits per heavy atom. The van der Waals surface area contributed by atoms with Crippen LogP contribution in [0.2, 0.25) is 5.02 Å². The third-order valence-corrected chi connectivity index (χ3v) is 5.60. The van der Waals surface area contributed by atoms with Gasteiger partial charge in [0.1, 0.15) is 0 Å². The van der Waals surface area contributed by atoms with Gasteiger partial charge in [0, 0.05) is 29.4 Å². The maximum Gasteiger partial charge on any atom is 0.162 e. The molecule has 0 aromatic heterocycles. The molecule has 1 saturated carbocycles. The minimum atomic E-state index is 0.00163. The second-order valence-corrected chi connectivity index (χ2v) is 7.30. The highest BCUT2D eigenvalue weighted by atomic mass is 79.9. The number of ether oxygens (including phenoxy) is 3. The number of fused-ring (bicyclic) bond motifs is 1. The monoisotopic (exact) mass is 374 g/mol. The average Bonchev–Trinajstić information content (AvgIpc) is 2.66. The molecule has 1 atom stereocenters. The van der Waals surface area contributed by atoms with Crippen molar-refractivity contribution in [1.82, 2.24) is 0 Å². The highest BCUT2D eigenvalue weighted by molar-refractivity contribution is 9.09. The van der Waals surface area contributed by atoms with E-state index in [1.54, 1.807) is 7.11 Å². The summed E-state index contributed by atoms with van der Waals surface area (Å²) < 4.78 is 17.1. The van der Waals surface area contributed by atoms with Crippen molar-refractivity contribution in [2.75, 3.05) is 20.3 Å². The Hall–Kier alpha value is -0.450. The van der Waals surface area contributed by atoms with E-state index in [1.807, 2.05) is 12.1 Å². The number of hydrogen-bond acceptors (Lipinski definition) is 3. The molecule has 116 valence electrons. The first kappa shape index (κ1) is 15.4. The fourth-order valence-corrected chi connectivity index (χ4v) is 4.32. The molecular formula is C16H20BrClO3. The fourth-order valence-electron chi connectivity index (χ4n) is 2.94. The van der Waals surface area contributed by atoms with Crippen LogP contribution in [-0.4, -0.2) is 25.9 Å². The van der Waals surface area contributed by atoms with Crippen LogP contribution in [-0.2, 0) is 4.74 Å². The van der Waals surface area contributed by atoms with E-state index < -0.39 is 0 Å². The quantitative estimate of drug-likeness (QED) is 0.701. The largest absolute Gasteiger partial charge is 0.490 e. The van der Waals surface area contributed by atoms with Crippen molar-refractivity contribution in [3.05, 3.63) is 22.7 Å². The smallest absolute Gasteiger partial charge is 0.162 e. The van der Waals surface area contributed by atoms with E-state index in [2.05, 4.69) is 15.9 Å². The predicted molar refractivity (Wildman–Crippen MR) is 86.9 cm³/mol. The highest BCUT2D eigenvalue weighted by Crippen LogP contribution is 2.47. The minimum Gasteiger partial charge on any atom is -0.490 e. The summed E-state index contributed by atoms with van der Waals surface area (Å²) in [6, 6.07) is 3.87. The van der Waals surface area contributed by atoms with E-state index in [0.29, 0.717) is 18.2 Å². The van der Waals surface area contributed by atoms with Crippen LogP contribution in [0.5, 0.6) is 11.5 Å². The van der Waals surface area contributed by atoms with Gasteiger partial charge >= 0.3 is 0 Å². The molecular weight excluding hydrogens is 356 g/mol. The Morgan fingerprint density at radius 1 is 1.24 bits per heavy atom. The summed E-state index contributed by atoms with van der Waals surface area (Å²) in [6.45, 7) is 1.36. The van der Waals surface area contributed by atoms with Gasteiger partial charge in [0.15, 0.2) is 11.5 Å². The average molecular weight is 376 g/mol. The lowest BCUT2D eigenvalue weighted by molar-refractivity contribution is -0.0773. The molecule has 1 unspecified atom stereocenters. The van der Waals surface area contributed by atoms with Gasteiger partial charge in [0.25, 0.3) is 0 Å². The zero-order chi connectivity index (χ0) is 14.9. The first-order valence-corrected chi connectivity index (χ1v) is 8.71. The van der Waals surface area contributed by atoms with Crippen LogP contribution in [0.15, 0.2) is 12.1 Å². The number of methoxy groups -OCH3 is 1. The van der Waals surface area contributed by atoms with E-state index in [0.717, 1.165) is 42.7 Å². The molecule has 1 aromatic carbocycles. The van der Waals surface area contributed by atoms with Crippen LogP contribution in [0, 0.1) is 0 Å². The fraction of sp³-hybridized carbons (Fsp3) is 0.625. The number of alkyl halides is 1. The summed E-state index contributed by atoms with van der Waals surface area (Å²) in [6.07, 6.45) is 5.29. The lowest BCUT2D eigenvalue weighted by Gasteiger charge is -2.42. The number of benzene rings is 1. The van der Waals surface area contributed by atoms with Gasteiger partial charge in [-0.25, -0.2) is 0 Å². The lowest BCUT2D eigenvalue weighted by Crippen LogP contribution is -2.39. The maximum atomic E-state index is 6.44. The Balaban J connectivity index is 1.82. The van der Waals surface area contributed by atoms with Crippen molar-refractivity contribution in [3.63, 3.8) is 0 Å². The van der Waals surface area contributed by atoms with Gasteiger partial charge in [-0.2, -0.15) is 0 Å². The Morgan fingerprint density at radius 2 is 1.90 bits per heavy atom. The van der Waals surface area contributed by atoms with Gasteiger partial charge in [0.2, 0.25) is 0 Å². The van der Waals surface area contributed by atoms with Crippen LogP contribution < -0.4 is 9.47 Å². The molecule has 0 radical (unpaired) electrons. The molecule has 1 aliphatic carbocycles. The number of hydrogen-bond donors (Lipinski definition) is 0. The van der Waals surface area contributed by atoms with Gasteiger partial charge in [-0.3, -0.25) is 0 Å². The highest BCUT2D eigenvalue weighted by Gasteiger charge is 2.39. The molecule has 21 heavy (non-hydrogen) atoms. The molecule has 1 heterocycles. The second-order valence-electron chi connectivity index (χ2n) is 5.78. The second kappa shape index (κ2) is 6.35. The van der Waals surface area contributed by atoms with E-state index in [9.17, 15) is 0 Å². The van der Waals surface area contributed by atoms with Crippen molar-refractivity contribution >= 4 is 27.5 Å². The standard InChI is InChI=1S/C16H20BrClO3/c1-19-16(4-2-5-16)10-12(17)11-8-14-15(9-13(11)18)21-7-3-6-20-14/h8-9,12H,2-7,10H2,1H3. The maximum absolute atomic E-state index is 6.44. The topological polar surface area (TPSA) is 27.7 Å². The van der Waals surface area contributed by atoms with E-state index in [4.69, 9.17) is 25.8 Å². The molecule has 1 fully saturated rings. The van der Waals surface area contributed by atoms with Crippen LogP contribution >= 0.6 is 27.5 Å². The summed E-state index contributed by atoms with van der Waals surface area (Å²) in [5.74, 6) is 1.53. The molecule has 1 aromatic rings. The van der Waals surface area contributed by atoms with Gasteiger partial charge in [0.05, 0.1) is 18.8 Å². The third-order valence-electron chi connectivity index (χ3n) is 4.45. The summed E-state index contributed by atoms with van der Waals surface area (Å²) in [4.78, 5) is 0.155. The molecule has 3 rings (SSSR count). The summed E-state index contributed by atoms with van der Waals surface area (Å²) in [7, 11) is 1.80. The summed E-state index contributed by atoms with van der Waals surface area (Å²) >= 11 is 10.2. The molecule has 0 N–H and O–H groups in total. The molecule has 0 saturated heterocycles. The summed E-state index contributed by atoms with van der Waals surface area (Å²) in [5.41, 5.74) is 1.05. The molecule has 1 aliphatic heterocycles. The predicted octanol–water partition coefficient (Wildman–Crippen LogP) is 4.90. The molecule has 2 aliphatic rings. The van der Waals surface area contributed by atoms with E-state index in [-0.39, 0.29) is 10.4 Å². The van der Waals surface area contributed by atoms with Crippen LogP contribution in [0.1, 0.15) is 42.5 Å². The van der Waals surface area contributed by atoms with Crippen molar-refractivity contribution < 1.29 is 14.2 Å². The number of rotatable bonds is 4. The summed E-state index contributed by atoms with van der Waals surface area (Å²) in [5, 5.41) is 0.715. The minimum absolute atomic E-state index is 0.00163.